The fourth-order valence-electron chi connectivity index (χ4n) is 1.13. The molecule has 0 aromatic heterocycles. The molecule has 0 saturated heterocycles. The van der Waals surface area contributed by atoms with E-state index >= 15 is 0 Å². The zero-order valence-corrected chi connectivity index (χ0v) is 8.62. The Morgan fingerprint density at radius 2 is 1.41 bits per heavy atom. The van der Waals surface area contributed by atoms with Gasteiger partial charge in [0.1, 0.15) is 11.7 Å². The maximum atomic E-state index is 13.1. The summed E-state index contributed by atoms with van der Waals surface area (Å²) in [6.45, 7) is 1.52. The highest BCUT2D eigenvalue weighted by Gasteiger charge is 2.26. The van der Waals surface area contributed by atoms with Crippen molar-refractivity contribution in [2.45, 2.75) is 19.4 Å². The van der Waals surface area contributed by atoms with Crippen molar-refractivity contribution < 1.29 is 22.0 Å². The zero-order chi connectivity index (χ0) is 13.2. The van der Waals surface area contributed by atoms with Crippen LogP contribution in [0.5, 0.6) is 0 Å². The second-order valence-corrected chi connectivity index (χ2v) is 3.18. The van der Waals surface area contributed by atoms with E-state index < -0.39 is 40.8 Å². The summed E-state index contributed by atoms with van der Waals surface area (Å²) in [7, 11) is 0. The molecule has 0 heterocycles. The first-order chi connectivity index (χ1) is 7.93. The Morgan fingerprint density at radius 3 is 1.76 bits per heavy atom. The Morgan fingerprint density at radius 1 is 1.00 bits per heavy atom. The molecule has 17 heavy (non-hydrogen) atoms. The van der Waals surface area contributed by atoms with Gasteiger partial charge in [-0.25, -0.2) is 22.0 Å². The first-order valence-corrected chi connectivity index (χ1v) is 4.61. The van der Waals surface area contributed by atoms with Crippen molar-refractivity contribution in [1.82, 2.24) is 0 Å². The Kier molecular flexibility index (Phi) is 3.89. The van der Waals surface area contributed by atoms with E-state index in [2.05, 4.69) is 0 Å². The number of nitrogens with zero attached hydrogens (tertiary/aromatic N) is 1. The number of halogens is 5. The molecule has 0 bridgehead atoms. The number of hydrogen-bond acceptors (Lipinski definition) is 2. The van der Waals surface area contributed by atoms with Crippen molar-refractivity contribution in [2.24, 2.45) is 0 Å². The molecule has 0 radical (unpaired) electrons. The summed E-state index contributed by atoms with van der Waals surface area (Å²) in [6.07, 6.45) is 0.149. The van der Waals surface area contributed by atoms with Crippen LogP contribution >= 0.6 is 0 Å². The van der Waals surface area contributed by atoms with E-state index in [1.807, 2.05) is 5.32 Å². The SMILES string of the molecule is CCC(C#N)Nc1c(F)c(F)c(F)c(F)c1F. The highest BCUT2D eigenvalue weighted by molar-refractivity contribution is 5.49. The fraction of sp³-hybridized carbons (Fsp3) is 0.300. The van der Waals surface area contributed by atoms with Crippen LogP contribution in [0, 0.1) is 40.4 Å². The highest BCUT2D eigenvalue weighted by Crippen LogP contribution is 2.27. The number of nitriles is 1. The van der Waals surface area contributed by atoms with E-state index in [4.69, 9.17) is 5.26 Å². The number of nitrogens with one attached hydrogen (secondary N) is 1. The first-order valence-electron chi connectivity index (χ1n) is 4.61. The second-order valence-electron chi connectivity index (χ2n) is 3.18. The van der Waals surface area contributed by atoms with Gasteiger partial charge < -0.3 is 5.32 Å². The summed E-state index contributed by atoms with van der Waals surface area (Å²) in [4.78, 5) is 0. The number of anilines is 1. The smallest absolute Gasteiger partial charge is 0.200 e. The maximum Gasteiger partial charge on any atom is 0.200 e. The number of rotatable bonds is 3. The molecular formula is C10H7F5N2. The summed E-state index contributed by atoms with van der Waals surface area (Å²) in [6, 6.07) is 0.586. The molecule has 2 nitrogen and oxygen atoms in total. The van der Waals surface area contributed by atoms with Crippen LogP contribution in [0.15, 0.2) is 0 Å². The van der Waals surface area contributed by atoms with Gasteiger partial charge in [0.05, 0.1) is 6.07 Å². The largest absolute Gasteiger partial charge is 0.365 e. The minimum atomic E-state index is -2.23. The van der Waals surface area contributed by atoms with Gasteiger partial charge in [-0.1, -0.05) is 6.92 Å². The van der Waals surface area contributed by atoms with Crippen molar-refractivity contribution in [3.63, 3.8) is 0 Å². The van der Waals surface area contributed by atoms with Gasteiger partial charge in [-0.3, -0.25) is 0 Å². The van der Waals surface area contributed by atoms with Crippen LogP contribution in [-0.2, 0) is 0 Å². The van der Waals surface area contributed by atoms with Crippen molar-refractivity contribution in [2.75, 3.05) is 5.32 Å². The lowest BCUT2D eigenvalue weighted by Gasteiger charge is -2.13. The molecule has 0 spiro atoms. The lowest BCUT2D eigenvalue weighted by molar-refractivity contribution is 0.381. The van der Waals surface area contributed by atoms with Crippen molar-refractivity contribution in [1.29, 1.82) is 5.26 Å². The van der Waals surface area contributed by atoms with E-state index in [0.29, 0.717) is 0 Å². The van der Waals surface area contributed by atoms with Gasteiger partial charge in [-0.05, 0) is 6.42 Å². The molecule has 0 amide bonds. The van der Waals surface area contributed by atoms with E-state index in [-0.39, 0.29) is 6.42 Å². The van der Waals surface area contributed by atoms with Crippen LogP contribution < -0.4 is 5.32 Å². The van der Waals surface area contributed by atoms with E-state index in [9.17, 15) is 22.0 Å². The quantitative estimate of drug-likeness (QED) is 0.508. The molecule has 7 heteroatoms. The van der Waals surface area contributed by atoms with E-state index in [1.165, 1.54) is 6.92 Å². The molecule has 1 atom stereocenters. The van der Waals surface area contributed by atoms with Gasteiger partial charge >= 0.3 is 0 Å². The van der Waals surface area contributed by atoms with Gasteiger partial charge in [0, 0.05) is 0 Å². The first kappa shape index (κ1) is 13.2. The molecule has 0 aliphatic rings. The van der Waals surface area contributed by atoms with E-state index in [0.717, 1.165) is 0 Å². The van der Waals surface area contributed by atoms with Gasteiger partial charge in [0.2, 0.25) is 5.82 Å². The molecule has 0 aliphatic carbocycles. The minimum absolute atomic E-state index is 0.149. The summed E-state index contributed by atoms with van der Waals surface area (Å²) in [5, 5.41) is 10.5. The molecule has 1 aromatic rings. The molecule has 0 fully saturated rings. The van der Waals surface area contributed by atoms with Gasteiger partial charge in [0.25, 0.3) is 0 Å². The zero-order valence-electron chi connectivity index (χ0n) is 8.62. The van der Waals surface area contributed by atoms with Gasteiger partial charge in [-0.2, -0.15) is 5.26 Å². The summed E-state index contributed by atoms with van der Waals surface area (Å²) in [5.41, 5.74) is -1.19. The number of hydrogen-bond donors (Lipinski definition) is 1. The van der Waals surface area contributed by atoms with Crippen molar-refractivity contribution >= 4 is 5.69 Å². The molecule has 1 N–H and O–H groups in total. The third-order valence-electron chi connectivity index (χ3n) is 2.09. The molecule has 92 valence electrons. The monoisotopic (exact) mass is 250 g/mol. The van der Waals surface area contributed by atoms with Crippen molar-refractivity contribution in [3.8, 4) is 6.07 Å². The summed E-state index contributed by atoms with van der Waals surface area (Å²) >= 11 is 0. The van der Waals surface area contributed by atoms with Crippen LogP contribution in [0.25, 0.3) is 0 Å². The van der Waals surface area contributed by atoms with Gasteiger partial charge in [-0.15, -0.1) is 0 Å². The van der Waals surface area contributed by atoms with Crippen molar-refractivity contribution in [3.05, 3.63) is 29.1 Å². The molecule has 0 aliphatic heterocycles. The van der Waals surface area contributed by atoms with Crippen LogP contribution in [0.2, 0.25) is 0 Å². The topological polar surface area (TPSA) is 35.8 Å². The molecule has 0 saturated carbocycles. The predicted molar refractivity (Wildman–Crippen MR) is 49.5 cm³/mol. The lowest BCUT2D eigenvalue weighted by Crippen LogP contribution is -2.19. The third kappa shape index (κ3) is 2.30. The second kappa shape index (κ2) is 4.99. The van der Waals surface area contributed by atoms with Crippen LogP contribution in [0.4, 0.5) is 27.6 Å². The summed E-state index contributed by atoms with van der Waals surface area (Å²) < 4.78 is 64.5. The minimum Gasteiger partial charge on any atom is -0.365 e. The third-order valence-corrected chi connectivity index (χ3v) is 2.09. The Labute approximate surface area is 93.7 Å². The van der Waals surface area contributed by atoms with Crippen LogP contribution in [-0.4, -0.2) is 6.04 Å². The predicted octanol–water partition coefficient (Wildman–Crippen LogP) is 3.10. The van der Waals surface area contributed by atoms with Gasteiger partial charge in [0.15, 0.2) is 23.3 Å². The lowest BCUT2D eigenvalue weighted by atomic mass is 10.2. The van der Waals surface area contributed by atoms with E-state index in [1.54, 1.807) is 6.07 Å². The molecule has 1 aromatic carbocycles. The van der Waals surface area contributed by atoms with Crippen LogP contribution in [0.3, 0.4) is 0 Å². The van der Waals surface area contributed by atoms with Crippen LogP contribution in [0.1, 0.15) is 13.3 Å². The normalized spacial score (nSPS) is 12.1. The Bertz CT molecular complexity index is 452. The molecular weight excluding hydrogens is 243 g/mol. The Hall–Kier alpha value is -1.84. The average molecular weight is 250 g/mol. The number of benzene rings is 1. The Balaban J connectivity index is 3.30. The highest BCUT2D eigenvalue weighted by atomic mass is 19.2. The average Bonchev–Trinajstić information content (AvgIpc) is 2.34. The summed E-state index contributed by atoms with van der Waals surface area (Å²) in [5.74, 6) is -10.3. The maximum absolute atomic E-state index is 13.1. The standard InChI is InChI=1S/C10H7F5N2/c1-2-4(3-16)17-10-8(14)6(12)5(11)7(13)9(10)15/h4,17H,2H2,1H3. The molecule has 1 rings (SSSR count). The molecule has 1 unspecified atom stereocenters. The fourth-order valence-corrected chi connectivity index (χ4v) is 1.13.